The molecule has 0 bridgehead atoms. The number of nitrogens with zero attached hydrogens (tertiary/aromatic N) is 2. The Morgan fingerprint density at radius 3 is 1.67 bits per heavy atom. The molecule has 8 heteroatoms. The zero-order valence-electron chi connectivity index (χ0n) is 20.6. The van der Waals surface area contributed by atoms with Gasteiger partial charge in [0.15, 0.2) is 5.13 Å². The van der Waals surface area contributed by atoms with Crippen LogP contribution in [0.3, 0.4) is 0 Å². The Labute approximate surface area is 229 Å². The van der Waals surface area contributed by atoms with Crippen molar-refractivity contribution in [2.45, 2.75) is 5.54 Å². The maximum atomic E-state index is 12.3. The number of carbonyl (C=O) groups excluding carboxylic acids is 1. The van der Waals surface area contributed by atoms with E-state index in [0.29, 0.717) is 5.13 Å². The van der Waals surface area contributed by atoms with Crippen molar-refractivity contribution in [2.75, 3.05) is 5.32 Å². The standard InChI is InChI=1S/C31H23N3O4S/c35-28(36)27(34-38-29(37)22-13-5-1-6-14-22)26-21-39-30(32-26)33-31(23-15-7-2-8-16-23,24-17-9-3-10-18-24)25-19-11-4-12-20-25/h1-21H,(H,32,33)(H,35,36)/b34-27+. The van der Waals surface area contributed by atoms with Gasteiger partial charge in [-0.2, -0.15) is 0 Å². The van der Waals surface area contributed by atoms with E-state index in [9.17, 15) is 14.7 Å². The van der Waals surface area contributed by atoms with Crippen molar-refractivity contribution in [1.82, 2.24) is 4.98 Å². The van der Waals surface area contributed by atoms with Crippen molar-refractivity contribution in [3.63, 3.8) is 0 Å². The van der Waals surface area contributed by atoms with Gasteiger partial charge in [0.1, 0.15) is 11.2 Å². The van der Waals surface area contributed by atoms with Gasteiger partial charge in [-0.05, 0) is 28.8 Å². The zero-order valence-corrected chi connectivity index (χ0v) is 21.4. The number of benzene rings is 4. The summed E-state index contributed by atoms with van der Waals surface area (Å²) in [6.45, 7) is 0. The Morgan fingerprint density at radius 1 is 0.744 bits per heavy atom. The van der Waals surface area contributed by atoms with Gasteiger partial charge >= 0.3 is 11.9 Å². The summed E-state index contributed by atoms with van der Waals surface area (Å²) in [6, 6.07) is 38.1. The van der Waals surface area contributed by atoms with Crippen molar-refractivity contribution < 1.29 is 19.5 Å². The van der Waals surface area contributed by atoms with E-state index in [2.05, 4.69) is 15.5 Å². The van der Waals surface area contributed by atoms with Gasteiger partial charge in [-0.15, -0.1) is 11.3 Å². The van der Waals surface area contributed by atoms with Crippen LogP contribution in [0.15, 0.2) is 132 Å². The van der Waals surface area contributed by atoms with Crippen LogP contribution in [0.5, 0.6) is 0 Å². The van der Waals surface area contributed by atoms with Gasteiger partial charge in [-0.25, -0.2) is 14.6 Å². The first-order valence-electron chi connectivity index (χ1n) is 12.1. The third-order valence-corrected chi connectivity index (χ3v) is 6.85. The summed E-state index contributed by atoms with van der Waals surface area (Å²) in [5.41, 5.74) is 1.94. The topological polar surface area (TPSA) is 101 Å². The maximum Gasteiger partial charge on any atom is 0.365 e. The Kier molecular flexibility index (Phi) is 7.56. The summed E-state index contributed by atoms with van der Waals surface area (Å²) in [7, 11) is 0. The molecule has 0 aliphatic carbocycles. The lowest BCUT2D eigenvalue weighted by molar-refractivity contribution is -0.129. The molecule has 2 N–H and O–H groups in total. The number of carboxylic acids is 1. The molecule has 0 fully saturated rings. The molecule has 0 radical (unpaired) electrons. The van der Waals surface area contributed by atoms with Gasteiger partial charge < -0.3 is 15.3 Å². The molecule has 39 heavy (non-hydrogen) atoms. The van der Waals surface area contributed by atoms with Gasteiger partial charge in [0.2, 0.25) is 5.71 Å². The van der Waals surface area contributed by atoms with Crippen molar-refractivity contribution >= 4 is 34.1 Å². The van der Waals surface area contributed by atoms with Crippen molar-refractivity contribution in [3.05, 3.63) is 155 Å². The average molecular weight is 534 g/mol. The van der Waals surface area contributed by atoms with E-state index in [-0.39, 0.29) is 11.3 Å². The molecule has 0 saturated carbocycles. The van der Waals surface area contributed by atoms with E-state index >= 15 is 0 Å². The molecule has 0 amide bonds. The first-order chi connectivity index (χ1) is 19.1. The Morgan fingerprint density at radius 2 is 1.21 bits per heavy atom. The number of carbonyl (C=O) groups is 2. The molecular weight excluding hydrogens is 510 g/mol. The second kappa shape index (κ2) is 11.5. The Bertz CT molecular complexity index is 1490. The fraction of sp³-hybridized carbons (Fsp3) is 0.0323. The number of nitrogens with one attached hydrogen (secondary N) is 1. The number of anilines is 1. The number of aliphatic carboxylic acids is 1. The minimum Gasteiger partial charge on any atom is -0.476 e. The minimum atomic E-state index is -1.37. The Balaban J connectivity index is 1.55. The second-order valence-corrected chi connectivity index (χ2v) is 9.36. The Hall–Kier alpha value is -5.08. The van der Waals surface area contributed by atoms with Gasteiger partial charge in [0, 0.05) is 5.38 Å². The molecule has 0 aliphatic heterocycles. The van der Waals surface area contributed by atoms with E-state index in [1.807, 2.05) is 91.0 Å². The van der Waals surface area contributed by atoms with Crippen molar-refractivity contribution in [2.24, 2.45) is 5.16 Å². The molecule has 0 unspecified atom stereocenters. The van der Waals surface area contributed by atoms with Crippen LogP contribution in [0.4, 0.5) is 5.13 Å². The smallest absolute Gasteiger partial charge is 0.365 e. The second-order valence-electron chi connectivity index (χ2n) is 8.50. The zero-order chi connectivity index (χ0) is 27.1. The fourth-order valence-corrected chi connectivity index (χ4v) is 5.04. The number of hydrogen-bond donors (Lipinski definition) is 2. The molecule has 7 nitrogen and oxygen atoms in total. The molecule has 0 atom stereocenters. The number of oxime groups is 1. The van der Waals surface area contributed by atoms with Crippen LogP contribution in [0.25, 0.3) is 0 Å². The minimum absolute atomic E-state index is 0.0685. The summed E-state index contributed by atoms with van der Waals surface area (Å²) in [6.07, 6.45) is 0. The molecule has 192 valence electrons. The molecule has 1 aromatic heterocycles. The van der Waals surface area contributed by atoms with Gasteiger partial charge in [0.25, 0.3) is 0 Å². The molecule has 0 spiro atoms. The predicted molar refractivity (Wildman–Crippen MR) is 151 cm³/mol. The van der Waals surface area contributed by atoms with Gasteiger partial charge in [-0.3, -0.25) is 0 Å². The normalized spacial score (nSPS) is 11.5. The summed E-state index contributed by atoms with van der Waals surface area (Å²) in [5, 5.41) is 19.1. The summed E-state index contributed by atoms with van der Waals surface area (Å²) >= 11 is 1.23. The van der Waals surface area contributed by atoms with E-state index in [0.717, 1.165) is 16.7 Å². The SMILES string of the molecule is O=C(O)/C(=N/OC(=O)c1ccccc1)c1csc(NC(c2ccccc2)(c2ccccc2)c2ccccc2)n1. The van der Waals surface area contributed by atoms with Crippen LogP contribution in [-0.4, -0.2) is 27.7 Å². The number of rotatable bonds is 9. The summed E-state index contributed by atoms with van der Waals surface area (Å²) in [5.74, 6) is -2.13. The molecule has 1 heterocycles. The summed E-state index contributed by atoms with van der Waals surface area (Å²) in [4.78, 5) is 33.8. The lowest BCUT2D eigenvalue weighted by Gasteiger charge is -2.36. The average Bonchev–Trinajstić information content (AvgIpc) is 3.45. The van der Waals surface area contributed by atoms with E-state index in [1.54, 1.807) is 35.7 Å². The number of aromatic nitrogens is 1. The molecule has 0 saturated heterocycles. The van der Waals surface area contributed by atoms with Crippen LogP contribution >= 0.6 is 11.3 Å². The third kappa shape index (κ3) is 5.46. The first-order valence-corrected chi connectivity index (χ1v) is 12.9. The van der Waals surface area contributed by atoms with Crippen LogP contribution < -0.4 is 5.32 Å². The van der Waals surface area contributed by atoms with Crippen LogP contribution in [-0.2, 0) is 15.2 Å². The highest BCUT2D eigenvalue weighted by atomic mass is 32.1. The van der Waals surface area contributed by atoms with E-state index in [1.165, 1.54) is 11.3 Å². The lowest BCUT2D eigenvalue weighted by Crippen LogP contribution is -2.38. The predicted octanol–water partition coefficient (Wildman–Crippen LogP) is 6.19. The highest BCUT2D eigenvalue weighted by Crippen LogP contribution is 2.40. The van der Waals surface area contributed by atoms with Gasteiger partial charge in [0.05, 0.1) is 5.56 Å². The largest absolute Gasteiger partial charge is 0.476 e. The fourth-order valence-electron chi connectivity index (χ4n) is 4.29. The van der Waals surface area contributed by atoms with E-state index < -0.39 is 23.2 Å². The number of hydrogen-bond acceptors (Lipinski definition) is 7. The molecule has 4 aromatic carbocycles. The van der Waals surface area contributed by atoms with Crippen LogP contribution in [0.1, 0.15) is 32.7 Å². The maximum absolute atomic E-state index is 12.3. The molecule has 0 aliphatic rings. The molecular formula is C31H23N3O4S. The summed E-state index contributed by atoms with van der Waals surface area (Å²) < 4.78 is 0. The monoisotopic (exact) mass is 533 g/mol. The third-order valence-electron chi connectivity index (χ3n) is 6.09. The van der Waals surface area contributed by atoms with Gasteiger partial charge in [-0.1, -0.05) is 114 Å². The molecule has 5 aromatic rings. The highest BCUT2D eigenvalue weighted by molar-refractivity contribution is 7.14. The number of thiazole rings is 1. The van der Waals surface area contributed by atoms with Crippen LogP contribution in [0.2, 0.25) is 0 Å². The quantitative estimate of drug-likeness (QED) is 0.101. The van der Waals surface area contributed by atoms with Crippen LogP contribution in [0, 0.1) is 0 Å². The van der Waals surface area contributed by atoms with Crippen molar-refractivity contribution in [1.29, 1.82) is 0 Å². The lowest BCUT2D eigenvalue weighted by atomic mass is 9.77. The van der Waals surface area contributed by atoms with E-state index in [4.69, 9.17) is 4.84 Å². The number of carboxylic acid groups (broad SMARTS) is 1. The first kappa shape index (κ1) is 25.6. The highest BCUT2D eigenvalue weighted by Gasteiger charge is 2.37. The molecule has 5 rings (SSSR count). The van der Waals surface area contributed by atoms with Crippen molar-refractivity contribution in [3.8, 4) is 0 Å².